The predicted molar refractivity (Wildman–Crippen MR) is 66.1 cm³/mol. The summed E-state index contributed by atoms with van der Waals surface area (Å²) < 4.78 is 24.6. The molecule has 1 aromatic carbocycles. The number of rotatable bonds is 3. The number of nitrogens with zero attached hydrogens (tertiary/aromatic N) is 1. The molecule has 3 nitrogen and oxygen atoms in total. The van der Waals surface area contributed by atoms with Gasteiger partial charge in [0.15, 0.2) is 0 Å². The maximum absolute atomic E-state index is 12.3. The van der Waals surface area contributed by atoms with Gasteiger partial charge in [0.25, 0.3) is 9.84 Å². The molecule has 4 heteroatoms. The van der Waals surface area contributed by atoms with Gasteiger partial charge in [-0.2, -0.15) is 0 Å². The summed E-state index contributed by atoms with van der Waals surface area (Å²) in [5.41, 5.74) is 1.02. The van der Waals surface area contributed by atoms with Crippen LogP contribution in [-0.2, 0) is 9.84 Å². The largest absolute Gasteiger partial charge is 0.327 e. The van der Waals surface area contributed by atoms with Crippen LogP contribution in [-0.4, -0.2) is 13.8 Å². The minimum atomic E-state index is -3.48. The van der Waals surface area contributed by atoms with E-state index in [2.05, 4.69) is 4.85 Å². The van der Waals surface area contributed by atoms with Gasteiger partial charge in [-0.1, -0.05) is 24.1 Å². The zero-order chi connectivity index (χ0) is 12.5. The molecule has 0 bridgehead atoms. The fourth-order valence-electron chi connectivity index (χ4n) is 2.02. The third-order valence-electron chi connectivity index (χ3n) is 3.35. The lowest BCUT2D eigenvalue weighted by Gasteiger charge is -2.25. The molecule has 1 saturated carbocycles. The molecule has 2 rings (SSSR count). The van der Waals surface area contributed by atoms with Crippen molar-refractivity contribution in [2.45, 2.75) is 36.5 Å². The number of sulfone groups is 1. The van der Waals surface area contributed by atoms with Crippen molar-refractivity contribution in [1.82, 2.24) is 0 Å². The summed E-state index contributed by atoms with van der Waals surface area (Å²) in [5.74, 6) is 0.0267. The molecule has 90 valence electrons. The Bertz CT molecular complexity index is 536. The number of aryl methyl sites for hydroxylation is 1. The van der Waals surface area contributed by atoms with Crippen LogP contribution in [0.1, 0.15) is 24.8 Å². The van der Waals surface area contributed by atoms with E-state index < -0.39 is 15.2 Å². The molecule has 0 N–H and O–H groups in total. The molecule has 0 saturated heterocycles. The highest BCUT2D eigenvalue weighted by molar-refractivity contribution is 7.92. The van der Waals surface area contributed by atoms with E-state index in [0.29, 0.717) is 0 Å². The second-order valence-corrected chi connectivity index (χ2v) is 6.61. The molecule has 0 aromatic heterocycles. The molecule has 0 heterocycles. The number of hydrogen-bond donors (Lipinski definition) is 0. The maximum atomic E-state index is 12.3. The molecule has 0 spiro atoms. The predicted octanol–water partition coefficient (Wildman–Crippen LogP) is 2.81. The number of hydrogen-bond acceptors (Lipinski definition) is 2. The van der Waals surface area contributed by atoms with Gasteiger partial charge in [-0.15, -0.1) is 0 Å². The normalized spacial score (nSPS) is 18.1. The molecule has 1 aliphatic rings. The lowest BCUT2D eigenvalue weighted by Crippen LogP contribution is -2.31. The van der Waals surface area contributed by atoms with E-state index in [1.54, 1.807) is 24.3 Å². The first-order valence-electron chi connectivity index (χ1n) is 5.73. The molecule has 17 heavy (non-hydrogen) atoms. The third kappa shape index (κ3) is 2.20. The Morgan fingerprint density at radius 2 is 1.88 bits per heavy atom. The second kappa shape index (κ2) is 4.50. The van der Waals surface area contributed by atoms with E-state index in [9.17, 15) is 8.42 Å². The van der Waals surface area contributed by atoms with Gasteiger partial charge >= 0.3 is 5.37 Å². The summed E-state index contributed by atoms with van der Waals surface area (Å²) in [6.07, 6.45) is 2.76. The lowest BCUT2D eigenvalue weighted by molar-refractivity contribution is 0.318. The van der Waals surface area contributed by atoms with Crippen molar-refractivity contribution < 1.29 is 8.42 Å². The van der Waals surface area contributed by atoms with Crippen molar-refractivity contribution in [1.29, 1.82) is 0 Å². The first-order chi connectivity index (χ1) is 8.05. The van der Waals surface area contributed by atoms with Crippen molar-refractivity contribution in [3.05, 3.63) is 41.2 Å². The fraction of sp³-hybridized carbons (Fsp3) is 0.462. The Morgan fingerprint density at radius 1 is 1.29 bits per heavy atom. The van der Waals surface area contributed by atoms with E-state index in [4.69, 9.17) is 6.57 Å². The first-order valence-corrected chi connectivity index (χ1v) is 7.27. The molecule has 1 atom stereocenters. The summed E-state index contributed by atoms with van der Waals surface area (Å²) in [6, 6.07) is 6.74. The van der Waals surface area contributed by atoms with Gasteiger partial charge in [-0.05, 0) is 31.9 Å². The Kier molecular flexibility index (Phi) is 3.21. The highest BCUT2D eigenvalue weighted by Crippen LogP contribution is 2.36. The third-order valence-corrected chi connectivity index (χ3v) is 5.40. The van der Waals surface area contributed by atoms with Crippen LogP contribution >= 0.6 is 0 Å². The fourth-order valence-corrected chi connectivity index (χ4v) is 3.73. The molecular formula is C13H15NO2S. The summed E-state index contributed by atoms with van der Waals surface area (Å²) in [4.78, 5) is 3.62. The highest BCUT2D eigenvalue weighted by Gasteiger charge is 2.42. The minimum absolute atomic E-state index is 0.0267. The molecule has 1 unspecified atom stereocenters. The molecule has 0 radical (unpaired) electrons. The van der Waals surface area contributed by atoms with Gasteiger partial charge in [0.05, 0.1) is 4.90 Å². The average Bonchev–Trinajstić information content (AvgIpc) is 2.23. The van der Waals surface area contributed by atoms with Gasteiger partial charge in [0, 0.05) is 5.92 Å². The van der Waals surface area contributed by atoms with Crippen molar-refractivity contribution in [2.24, 2.45) is 5.92 Å². The monoisotopic (exact) mass is 249 g/mol. The van der Waals surface area contributed by atoms with Crippen molar-refractivity contribution in [3.8, 4) is 0 Å². The van der Waals surface area contributed by atoms with Crippen molar-refractivity contribution in [3.63, 3.8) is 0 Å². The molecular weight excluding hydrogens is 234 g/mol. The van der Waals surface area contributed by atoms with Crippen LogP contribution < -0.4 is 0 Å². The topological polar surface area (TPSA) is 38.5 Å². The summed E-state index contributed by atoms with van der Waals surface area (Å²) >= 11 is 0. The molecule has 1 aromatic rings. The zero-order valence-corrected chi connectivity index (χ0v) is 10.6. The molecule has 0 amide bonds. The lowest BCUT2D eigenvalue weighted by atomic mass is 9.85. The van der Waals surface area contributed by atoms with Crippen molar-refractivity contribution >= 4 is 9.84 Å². The van der Waals surface area contributed by atoms with Crippen molar-refractivity contribution in [2.75, 3.05) is 0 Å². The Balaban J connectivity index is 2.34. The average molecular weight is 249 g/mol. The quantitative estimate of drug-likeness (QED) is 0.773. The van der Waals surface area contributed by atoms with Crippen LogP contribution in [0.15, 0.2) is 29.2 Å². The summed E-state index contributed by atoms with van der Waals surface area (Å²) in [5, 5.41) is -0.890. The van der Waals surface area contributed by atoms with E-state index in [0.717, 1.165) is 24.8 Å². The van der Waals surface area contributed by atoms with Crippen LogP contribution in [0.2, 0.25) is 0 Å². The summed E-state index contributed by atoms with van der Waals surface area (Å²) in [6.45, 7) is 9.03. The van der Waals surface area contributed by atoms with Gasteiger partial charge in [-0.25, -0.2) is 15.0 Å². The molecule has 0 aliphatic heterocycles. The highest BCUT2D eigenvalue weighted by atomic mass is 32.2. The Morgan fingerprint density at radius 3 is 2.29 bits per heavy atom. The smallest absolute Gasteiger partial charge is 0.296 e. The Labute approximate surface area is 102 Å². The van der Waals surface area contributed by atoms with Gasteiger partial charge < -0.3 is 0 Å². The Hall–Kier alpha value is -1.34. The van der Waals surface area contributed by atoms with Gasteiger partial charge in [-0.3, -0.25) is 4.85 Å². The molecule has 1 aliphatic carbocycles. The maximum Gasteiger partial charge on any atom is 0.327 e. The first kappa shape index (κ1) is 12.1. The zero-order valence-electron chi connectivity index (χ0n) is 9.76. The number of benzene rings is 1. The minimum Gasteiger partial charge on any atom is -0.296 e. The second-order valence-electron chi connectivity index (χ2n) is 4.57. The van der Waals surface area contributed by atoms with Gasteiger partial charge in [0.1, 0.15) is 0 Å². The van der Waals surface area contributed by atoms with E-state index in [1.807, 2.05) is 6.92 Å². The van der Waals surface area contributed by atoms with Crippen LogP contribution in [0.4, 0.5) is 0 Å². The molecule has 1 fully saturated rings. The van der Waals surface area contributed by atoms with Crippen LogP contribution in [0.5, 0.6) is 0 Å². The van der Waals surface area contributed by atoms with E-state index in [1.165, 1.54) is 0 Å². The van der Waals surface area contributed by atoms with E-state index >= 15 is 0 Å². The summed E-state index contributed by atoms with van der Waals surface area (Å²) in [7, 11) is -3.48. The van der Waals surface area contributed by atoms with E-state index in [-0.39, 0.29) is 10.8 Å². The van der Waals surface area contributed by atoms with Crippen LogP contribution in [0.3, 0.4) is 0 Å². The van der Waals surface area contributed by atoms with Crippen LogP contribution in [0, 0.1) is 19.4 Å². The standard InChI is InChI=1S/C13H15NO2S/c1-10-6-8-12(9-7-10)17(15,16)13(14-2)11-4-3-5-11/h6-9,11,13H,3-5H2,1H3. The SMILES string of the molecule is [C-]#[N+]C(C1CCC1)S(=O)(=O)c1ccc(C)cc1. The van der Waals surface area contributed by atoms with Crippen LogP contribution in [0.25, 0.3) is 4.85 Å². The van der Waals surface area contributed by atoms with Gasteiger partial charge in [0.2, 0.25) is 0 Å².